The van der Waals surface area contributed by atoms with Crippen molar-refractivity contribution in [1.29, 1.82) is 0 Å². The number of esters is 1. The summed E-state index contributed by atoms with van der Waals surface area (Å²) in [7, 11) is 0. The number of carboxylic acid groups (broad SMARTS) is 1. The molecule has 1 aliphatic heterocycles. The van der Waals surface area contributed by atoms with E-state index in [1.165, 1.54) is 16.2 Å². The van der Waals surface area contributed by atoms with Gasteiger partial charge in [-0.25, -0.2) is 4.79 Å². The van der Waals surface area contributed by atoms with Crippen LogP contribution in [0.3, 0.4) is 0 Å². The number of aliphatic carboxylic acids is 1. The molecule has 1 aromatic heterocycles. The van der Waals surface area contributed by atoms with Gasteiger partial charge in [0.1, 0.15) is 0 Å². The Balaban J connectivity index is 2.07. The highest BCUT2D eigenvalue weighted by atomic mass is 32.1. The molecule has 0 radical (unpaired) electrons. The van der Waals surface area contributed by atoms with Crippen LogP contribution in [0.2, 0.25) is 0 Å². The Hall–Kier alpha value is -1.89. The zero-order valence-electron chi connectivity index (χ0n) is 11.7. The molecule has 1 aliphatic rings. The zero-order chi connectivity index (χ0) is 15.4. The Morgan fingerprint density at radius 2 is 2.19 bits per heavy atom. The number of thiophene rings is 1. The summed E-state index contributed by atoms with van der Waals surface area (Å²) in [4.78, 5) is 37.4. The van der Waals surface area contributed by atoms with Crippen molar-refractivity contribution >= 4 is 29.2 Å². The molecule has 0 bridgehead atoms. The first-order valence-electron chi connectivity index (χ1n) is 6.78. The van der Waals surface area contributed by atoms with Crippen LogP contribution in [0.4, 0.5) is 0 Å². The van der Waals surface area contributed by atoms with Gasteiger partial charge in [0.05, 0.1) is 13.0 Å². The lowest BCUT2D eigenvalue weighted by Crippen LogP contribution is -2.43. The van der Waals surface area contributed by atoms with Gasteiger partial charge >= 0.3 is 11.9 Å². The fraction of sp³-hybridized carbons (Fsp3) is 0.500. The lowest BCUT2D eigenvalue weighted by Gasteiger charge is -2.33. The van der Waals surface area contributed by atoms with Crippen molar-refractivity contribution in [2.75, 3.05) is 13.2 Å². The minimum Gasteiger partial charge on any atom is -0.479 e. The predicted octanol–water partition coefficient (Wildman–Crippen LogP) is 1.60. The third-order valence-electron chi connectivity index (χ3n) is 3.37. The second kappa shape index (κ2) is 6.71. The van der Waals surface area contributed by atoms with E-state index < -0.39 is 18.0 Å². The second-order valence-electron chi connectivity index (χ2n) is 4.68. The predicted molar refractivity (Wildman–Crippen MR) is 76.0 cm³/mol. The lowest BCUT2D eigenvalue weighted by molar-refractivity contribution is -0.152. The van der Waals surface area contributed by atoms with E-state index in [1.807, 2.05) is 5.38 Å². The van der Waals surface area contributed by atoms with Crippen molar-refractivity contribution in [1.82, 2.24) is 4.90 Å². The molecule has 21 heavy (non-hydrogen) atoms. The van der Waals surface area contributed by atoms with Crippen molar-refractivity contribution in [2.45, 2.75) is 32.2 Å². The summed E-state index contributed by atoms with van der Waals surface area (Å²) in [6.45, 7) is 2.34. The van der Waals surface area contributed by atoms with Crippen molar-refractivity contribution < 1.29 is 24.2 Å². The number of carbonyl (C=O) groups excluding carboxylic acids is 2. The van der Waals surface area contributed by atoms with Gasteiger partial charge in [-0.1, -0.05) is 0 Å². The molecule has 1 aromatic rings. The van der Waals surface area contributed by atoms with Crippen molar-refractivity contribution in [3.8, 4) is 0 Å². The first kappa shape index (κ1) is 15.5. The number of carbonyl (C=O) groups is 3. The van der Waals surface area contributed by atoms with E-state index >= 15 is 0 Å². The van der Waals surface area contributed by atoms with Crippen LogP contribution < -0.4 is 0 Å². The number of amides is 1. The Kier molecular flexibility index (Phi) is 4.95. The highest BCUT2D eigenvalue weighted by Crippen LogP contribution is 2.33. The lowest BCUT2D eigenvalue weighted by atomic mass is 9.99. The van der Waals surface area contributed by atoms with Gasteiger partial charge in [0.2, 0.25) is 5.91 Å². The van der Waals surface area contributed by atoms with Gasteiger partial charge in [0.25, 0.3) is 0 Å². The monoisotopic (exact) mass is 311 g/mol. The van der Waals surface area contributed by atoms with E-state index in [4.69, 9.17) is 4.74 Å². The number of carboxylic acids is 1. The first-order chi connectivity index (χ1) is 10.0. The van der Waals surface area contributed by atoms with Gasteiger partial charge in [-0.2, -0.15) is 0 Å². The number of ether oxygens (including phenoxy) is 1. The maximum atomic E-state index is 12.2. The van der Waals surface area contributed by atoms with Gasteiger partial charge < -0.3 is 14.7 Å². The van der Waals surface area contributed by atoms with Crippen molar-refractivity contribution in [2.24, 2.45) is 0 Å². The van der Waals surface area contributed by atoms with Gasteiger partial charge in [-0.3, -0.25) is 9.59 Å². The number of hydrogen-bond donors (Lipinski definition) is 1. The van der Waals surface area contributed by atoms with Crippen LogP contribution >= 0.6 is 11.3 Å². The molecule has 0 spiro atoms. The molecule has 0 saturated carbocycles. The molecule has 0 aromatic carbocycles. The summed E-state index contributed by atoms with van der Waals surface area (Å²) in [5, 5.41) is 11.2. The quantitative estimate of drug-likeness (QED) is 0.835. The minimum atomic E-state index is -1.04. The SMILES string of the molecule is CCOC(=O)CCC(=O)N1CCc2sccc2C1C(=O)O. The Morgan fingerprint density at radius 1 is 1.43 bits per heavy atom. The van der Waals surface area contributed by atoms with E-state index in [0.717, 1.165) is 4.88 Å². The van der Waals surface area contributed by atoms with Gasteiger partial charge in [0, 0.05) is 17.8 Å². The van der Waals surface area contributed by atoms with E-state index in [9.17, 15) is 19.5 Å². The maximum Gasteiger partial charge on any atom is 0.331 e. The molecule has 1 unspecified atom stereocenters. The molecule has 2 rings (SSSR count). The van der Waals surface area contributed by atoms with Crippen LogP contribution in [0, 0.1) is 0 Å². The summed E-state index contributed by atoms with van der Waals surface area (Å²) in [5.74, 6) is -1.81. The molecule has 7 heteroatoms. The standard InChI is InChI=1S/C14H17NO5S/c1-2-20-12(17)4-3-11(16)15-7-5-10-9(6-8-21-10)13(15)14(18)19/h6,8,13H,2-5,7H2,1H3,(H,18,19). The molecule has 0 fully saturated rings. The summed E-state index contributed by atoms with van der Waals surface area (Å²) in [6, 6.07) is 0.804. The van der Waals surface area contributed by atoms with Crippen LogP contribution in [0.5, 0.6) is 0 Å². The van der Waals surface area contributed by atoms with E-state index in [2.05, 4.69) is 0 Å². The molecule has 2 heterocycles. The largest absolute Gasteiger partial charge is 0.479 e. The van der Waals surface area contributed by atoms with E-state index in [1.54, 1.807) is 13.0 Å². The van der Waals surface area contributed by atoms with Crippen LogP contribution in [-0.4, -0.2) is 41.0 Å². The number of hydrogen-bond acceptors (Lipinski definition) is 5. The minimum absolute atomic E-state index is 0.0218. The summed E-state index contributed by atoms with van der Waals surface area (Å²) in [6.07, 6.45) is 0.607. The van der Waals surface area contributed by atoms with E-state index in [-0.39, 0.29) is 25.4 Å². The Morgan fingerprint density at radius 3 is 2.86 bits per heavy atom. The Bertz CT molecular complexity index is 553. The number of nitrogens with zero attached hydrogens (tertiary/aromatic N) is 1. The summed E-state index contributed by atoms with van der Waals surface area (Å²) < 4.78 is 4.77. The smallest absolute Gasteiger partial charge is 0.331 e. The first-order valence-corrected chi connectivity index (χ1v) is 7.66. The molecule has 114 valence electrons. The van der Waals surface area contributed by atoms with Crippen molar-refractivity contribution in [3.05, 3.63) is 21.9 Å². The Labute approximate surface area is 126 Å². The maximum absolute atomic E-state index is 12.2. The van der Waals surface area contributed by atoms with Gasteiger partial charge in [-0.05, 0) is 30.4 Å². The molecule has 6 nitrogen and oxygen atoms in total. The normalized spacial score (nSPS) is 17.2. The summed E-state index contributed by atoms with van der Waals surface area (Å²) in [5.41, 5.74) is 0.684. The van der Waals surface area contributed by atoms with Crippen LogP contribution in [0.1, 0.15) is 36.2 Å². The third kappa shape index (κ3) is 3.41. The van der Waals surface area contributed by atoms with Crippen LogP contribution in [0.15, 0.2) is 11.4 Å². The molecule has 1 atom stereocenters. The highest BCUT2D eigenvalue weighted by molar-refractivity contribution is 7.10. The average molecular weight is 311 g/mol. The second-order valence-corrected chi connectivity index (χ2v) is 5.68. The molecule has 1 N–H and O–H groups in total. The highest BCUT2D eigenvalue weighted by Gasteiger charge is 2.36. The van der Waals surface area contributed by atoms with Crippen LogP contribution in [-0.2, 0) is 25.5 Å². The zero-order valence-corrected chi connectivity index (χ0v) is 12.5. The van der Waals surface area contributed by atoms with Gasteiger partial charge in [0.15, 0.2) is 6.04 Å². The van der Waals surface area contributed by atoms with Crippen molar-refractivity contribution in [3.63, 3.8) is 0 Å². The van der Waals surface area contributed by atoms with E-state index in [0.29, 0.717) is 18.5 Å². The number of rotatable bonds is 5. The fourth-order valence-corrected chi connectivity index (χ4v) is 3.34. The molecular formula is C14H17NO5S. The number of fused-ring (bicyclic) bond motifs is 1. The molecular weight excluding hydrogens is 294 g/mol. The summed E-state index contributed by atoms with van der Waals surface area (Å²) >= 11 is 1.51. The molecule has 0 saturated heterocycles. The third-order valence-corrected chi connectivity index (χ3v) is 4.36. The van der Waals surface area contributed by atoms with Crippen LogP contribution in [0.25, 0.3) is 0 Å². The molecule has 0 aliphatic carbocycles. The fourth-order valence-electron chi connectivity index (χ4n) is 2.44. The topological polar surface area (TPSA) is 83.9 Å². The average Bonchev–Trinajstić information content (AvgIpc) is 2.91. The van der Waals surface area contributed by atoms with Gasteiger partial charge in [-0.15, -0.1) is 11.3 Å². The molecule has 1 amide bonds.